The highest BCUT2D eigenvalue weighted by molar-refractivity contribution is 5.85. The van der Waals surface area contributed by atoms with Crippen LogP contribution in [-0.4, -0.2) is 25.5 Å². The molecule has 1 aliphatic rings. The molecule has 0 aromatic carbocycles. The van der Waals surface area contributed by atoms with Crippen LogP contribution in [0.4, 0.5) is 0 Å². The summed E-state index contributed by atoms with van der Waals surface area (Å²) >= 11 is 0. The van der Waals surface area contributed by atoms with Gasteiger partial charge in [0.1, 0.15) is 0 Å². The largest absolute Gasteiger partial charge is 0.356 e. The number of hydrogen-bond donors (Lipinski definition) is 2. The summed E-state index contributed by atoms with van der Waals surface area (Å²) in [6.45, 7) is 7.45. The van der Waals surface area contributed by atoms with Gasteiger partial charge in [-0.1, -0.05) is 13.8 Å². The molecular weight excluding hydrogens is 236 g/mol. The fourth-order valence-corrected chi connectivity index (χ4v) is 2.09. The number of amides is 1. The second-order valence-corrected chi connectivity index (χ2v) is 5.26. The van der Waals surface area contributed by atoms with E-state index in [2.05, 4.69) is 24.5 Å². The van der Waals surface area contributed by atoms with E-state index in [0.29, 0.717) is 12.3 Å². The van der Waals surface area contributed by atoms with Gasteiger partial charge in [-0.15, -0.1) is 12.4 Å². The number of nitrogens with one attached hydrogen (secondary N) is 2. The summed E-state index contributed by atoms with van der Waals surface area (Å²) in [5.74, 6) is 1.67. The van der Waals surface area contributed by atoms with E-state index in [0.717, 1.165) is 38.4 Å². The van der Waals surface area contributed by atoms with Gasteiger partial charge in [0.25, 0.3) is 0 Å². The monoisotopic (exact) mass is 262 g/mol. The summed E-state index contributed by atoms with van der Waals surface area (Å²) in [4.78, 5) is 11.5. The number of rotatable bonds is 6. The van der Waals surface area contributed by atoms with Crippen molar-refractivity contribution in [2.75, 3.05) is 19.6 Å². The number of carbonyl (C=O) groups excluding carboxylic acids is 1. The van der Waals surface area contributed by atoms with Crippen LogP contribution in [0.3, 0.4) is 0 Å². The first kappa shape index (κ1) is 16.7. The maximum Gasteiger partial charge on any atom is 0.220 e. The SMILES string of the molecule is CC(C)CCNC(=O)CCC1CCNCC1.Cl. The molecule has 1 saturated heterocycles. The second kappa shape index (κ2) is 9.72. The Morgan fingerprint density at radius 1 is 1.35 bits per heavy atom. The van der Waals surface area contributed by atoms with E-state index in [1.54, 1.807) is 0 Å². The zero-order valence-corrected chi connectivity index (χ0v) is 11.9. The Kier molecular flexibility index (Phi) is 9.56. The number of carbonyl (C=O) groups is 1. The van der Waals surface area contributed by atoms with Crippen LogP contribution in [0.15, 0.2) is 0 Å². The number of piperidine rings is 1. The van der Waals surface area contributed by atoms with Crippen molar-refractivity contribution in [1.29, 1.82) is 0 Å². The van der Waals surface area contributed by atoms with Crippen molar-refractivity contribution in [2.45, 2.75) is 46.0 Å². The molecule has 0 atom stereocenters. The van der Waals surface area contributed by atoms with Crippen molar-refractivity contribution < 1.29 is 4.79 Å². The lowest BCUT2D eigenvalue weighted by molar-refractivity contribution is -0.121. The Balaban J connectivity index is 0.00000256. The molecule has 1 amide bonds. The fourth-order valence-electron chi connectivity index (χ4n) is 2.09. The van der Waals surface area contributed by atoms with Gasteiger partial charge in [-0.25, -0.2) is 0 Å². The summed E-state index contributed by atoms with van der Waals surface area (Å²) < 4.78 is 0. The molecule has 0 aliphatic carbocycles. The Hall–Kier alpha value is -0.280. The van der Waals surface area contributed by atoms with Crippen molar-refractivity contribution >= 4 is 18.3 Å². The first-order chi connectivity index (χ1) is 7.68. The van der Waals surface area contributed by atoms with Crippen LogP contribution in [0.25, 0.3) is 0 Å². The van der Waals surface area contributed by atoms with E-state index in [9.17, 15) is 4.79 Å². The zero-order valence-electron chi connectivity index (χ0n) is 11.1. The van der Waals surface area contributed by atoms with Crippen molar-refractivity contribution in [3.8, 4) is 0 Å². The van der Waals surface area contributed by atoms with Gasteiger partial charge >= 0.3 is 0 Å². The molecule has 0 radical (unpaired) electrons. The van der Waals surface area contributed by atoms with Crippen LogP contribution in [0, 0.1) is 11.8 Å². The Morgan fingerprint density at radius 2 is 2.00 bits per heavy atom. The molecule has 1 aliphatic heterocycles. The molecule has 2 N–H and O–H groups in total. The van der Waals surface area contributed by atoms with Crippen LogP contribution >= 0.6 is 12.4 Å². The average Bonchev–Trinajstić information content (AvgIpc) is 2.27. The standard InChI is InChI=1S/C13H26N2O.ClH/c1-11(2)5-10-15-13(16)4-3-12-6-8-14-9-7-12;/h11-12,14H,3-10H2,1-2H3,(H,15,16);1H. The predicted molar refractivity (Wildman–Crippen MR) is 74.5 cm³/mol. The highest BCUT2D eigenvalue weighted by Gasteiger charge is 2.14. The molecule has 0 unspecified atom stereocenters. The molecule has 1 rings (SSSR count). The molecule has 1 heterocycles. The van der Waals surface area contributed by atoms with E-state index in [4.69, 9.17) is 0 Å². The van der Waals surface area contributed by atoms with Gasteiger partial charge < -0.3 is 10.6 Å². The second-order valence-electron chi connectivity index (χ2n) is 5.26. The lowest BCUT2D eigenvalue weighted by Crippen LogP contribution is -2.29. The minimum absolute atomic E-state index is 0. The minimum Gasteiger partial charge on any atom is -0.356 e. The van der Waals surface area contributed by atoms with Gasteiger partial charge in [0.2, 0.25) is 5.91 Å². The Morgan fingerprint density at radius 3 is 2.59 bits per heavy atom. The van der Waals surface area contributed by atoms with Crippen molar-refractivity contribution in [1.82, 2.24) is 10.6 Å². The third kappa shape index (κ3) is 8.44. The molecule has 0 spiro atoms. The summed E-state index contributed by atoms with van der Waals surface area (Å²) in [7, 11) is 0. The lowest BCUT2D eigenvalue weighted by atomic mass is 9.93. The third-order valence-corrected chi connectivity index (χ3v) is 3.28. The smallest absolute Gasteiger partial charge is 0.220 e. The molecule has 0 aromatic rings. The zero-order chi connectivity index (χ0) is 11.8. The average molecular weight is 263 g/mol. The van der Waals surface area contributed by atoms with Crippen molar-refractivity contribution in [2.24, 2.45) is 11.8 Å². The molecular formula is C13H27ClN2O. The van der Waals surface area contributed by atoms with Crippen LogP contribution in [0.1, 0.15) is 46.0 Å². The van der Waals surface area contributed by atoms with Crippen LogP contribution in [0.2, 0.25) is 0 Å². The van der Waals surface area contributed by atoms with Gasteiger partial charge in [0, 0.05) is 13.0 Å². The Bertz CT molecular complexity index is 204. The van der Waals surface area contributed by atoms with E-state index < -0.39 is 0 Å². The quantitative estimate of drug-likeness (QED) is 0.772. The molecule has 0 bridgehead atoms. The normalized spacial score (nSPS) is 16.6. The number of hydrogen-bond acceptors (Lipinski definition) is 2. The molecule has 17 heavy (non-hydrogen) atoms. The summed E-state index contributed by atoms with van der Waals surface area (Å²) in [6.07, 6.45) is 5.33. The summed E-state index contributed by atoms with van der Waals surface area (Å²) in [5, 5.41) is 6.35. The van der Waals surface area contributed by atoms with Gasteiger partial charge in [-0.2, -0.15) is 0 Å². The van der Waals surface area contributed by atoms with E-state index >= 15 is 0 Å². The fraction of sp³-hybridized carbons (Fsp3) is 0.923. The lowest BCUT2D eigenvalue weighted by Gasteiger charge is -2.22. The van der Waals surface area contributed by atoms with Gasteiger partial charge in [0.15, 0.2) is 0 Å². The minimum atomic E-state index is 0. The summed E-state index contributed by atoms with van der Waals surface area (Å²) in [6, 6.07) is 0. The first-order valence-corrected chi connectivity index (χ1v) is 6.66. The molecule has 0 aromatic heterocycles. The van der Waals surface area contributed by atoms with Crippen molar-refractivity contribution in [3.63, 3.8) is 0 Å². The molecule has 1 fully saturated rings. The summed E-state index contributed by atoms with van der Waals surface area (Å²) in [5.41, 5.74) is 0. The van der Waals surface area contributed by atoms with Crippen LogP contribution in [-0.2, 0) is 4.79 Å². The number of halogens is 1. The Labute approximate surface area is 112 Å². The van der Waals surface area contributed by atoms with E-state index in [1.807, 2.05) is 0 Å². The first-order valence-electron chi connectivity index (χ1n) is 6.66. The van der Waals surface area contributed by atoms with E-state index in [-0.39, 0.29) is 18.3 Å². The van der Waals surface area contributed by atoms with E-state index in [1.165, 1.54) is 12.8 Å². The maximum absolute atomic E-state index is 11.5. The molecule has 4 heteroatoms. The topological polar surface area (TPSA) is 41.1 Å². The highest BCUT2D eigenvalue weighted by Crippen LogP contribution is 2.17. The van der Waals surface area contributed by atoms with Crippen molar-refractivity contribution in [3.05, 3.63) is 0 Å². The van der Waals surface area contributed by atoms with Gasteiger partial charge in [0.05, 0.1) is 0 Å². The molecule has 102 valence electrons. The molecule has 0 saturated carbocycles. The third-order valence-electron chi connectivity index (χ3n) is 3.28. The predicted octanol–water partition coefficient (Wildman–Crippen LogP) is 2.35. The van der Waals surface area contributed by atoms with Gasteiger partial charge in [-0.3, -0.25) is 4.79 Å². The molecule has 3 nitrogen and oxygen atoms in total. The van der Waals surface area contributed by atoms with Crippen LogP contribution < -0.4 is 10.6 Å². The van der Waals surface area contributed by atoms with Crippen LogP contribution in [0.5, 0.6) is 0 Å². The maximum atomic E-state index is 11.5. The highest BCUT2D eigenvalue weighted by atomic mass is 35.5. The van der Waals surface area contributed by atoms with Gasteiger partial charge in [-0.05, 0) is 50.6 Å².